The minimum absolute atomic E-state index is 0.0232. The lowest BCUT2D eigenvalue weighted by molar-refractivity contribution is 0.255. The van der Waals surface area contributed by atoms with Gasteiger partial charge in [0.15, 0.2) is 0 Å². The Morgan fingerprint density at radius 3 is 2.50 bits per heavy atom. The first-order valence-corrected chi connectivity index (χ1v) is 9.33. The van der Waals surface area contributed by atoms with Gasteiger partial charge in [0.1, 0.15) is 0 Å². The van der Waals surface area contributed by atoms with Crippen LogP contribution in [0.1, 0.15) is 46.5 Å². The predicted molar refractivity (Wildman–Crippen MR) is 81.7 cm³/mol. The second-order valence-electron chi connectivity index (χ2n) is 6.70. The largest absolute Gasteiger partial charge is 0.314 e. The first-order chi connectivity index (χ1) is 9.38. The SMILES string of the molecule is CC(C)C(C)NS(=O)(=O)N1CCCC(CNC2CC2)C1. The molecule has 1 aliphatic carbocycles. The summed E-state index contributed by atoms with van der Waals surface area (Å²) in [5.41, 5.74) is 0. The molecule has 2 N–H and O–H groups in total. The van der Waals surface area contributed by atoms with E-state index in [9.17, 15) is 8.42 Å². The van der Waals surface area contributed by atoms with Crippen molar-refractivity contribution >= 4 is 10.2 Å². The van der Waals surface area contributed by atoms with E-state index in [2.05, 4.69) is 10.0 Å². The van der Waals surface area contributed by atoms with Crippen molar-refractivity contribution in [3.63, 3.8) is 0 Å². The van der Waals surface area contributed by atoms with E-state index in [1.807, 2.05) is 20.8 Å². The van der Waals surface area contributed by atoms with E-state index in [0.717, 1.165) is 19.4 Å². The molecule has 0 amide bonds. The molecule has 0 aromatic carbocycles. The van der Waals surface area contributed by atoms with E-state index in [-0.39, 0.29) is 6.04 Å². The Labute approximate surface area is 123 Å². The summed E-state index contributed by atoms with van der Waals surface area (Å²) >= 11 is 0. The van der Waals surface area contributed by atoms with Crippen molar-refractivity contribution in [2.75, 3.05) is 19.6 Å². The van der Waals surface area contributed by atoms with Crippen molar-refractivity contribution in [3.05, 3.63) is 0 Å². The van der Waals surface area contributed by atoms with Gasteiger partial charge in [-0.15, -0.1) is 0 Å². The molecular formula is C14H29N3O2S. The summed E-state index contributed by atoms with van der Waals surface area (Å²) in [5.74, 6) is 0.761. The molecule has 5 nitrogen and oxygen atoms in total. The molecular weight excluding hydrogens is 274 g/mol. The monoisotopic (exact) mass is 303 g/mol. The molecule has 2 rings (SSSR count). The summed E-state index contributed by atoms with van der Waals surface area (Å²) in [4.78, 5) is 0. The highest BCUT2D eigenvalue weighted by Crippen LogP contribution is 2.22. The first-order valence-electron chi connectivity index (χ1n) is 7.89. The van der Waals surface area contributed by atoms with E-state index in [4.69, 9.17) is 0 Å². The highest BCUT2D eigenvalue weighted by atomic mass is 32.2. The molecule has 0 bridgehead atoms. The van der Waals surface area contributed by atoms with Crippen LogP contribution in [-0.2, 0) is 10.2 Å². The summed E-state index contributed by atoms with van der Waals surface area (Å²) in [6, 6.07) is 0.672. The average molecular weight is 303 g/mol. The van der Waals surface area contributed by atoms with Crippen LogP contribution < -0.4 is 10.0 Å². The van der Waals surface area contributed by atoms with Gasteiger partial charge in [0.2, 0.25) is 0 Å². The van der Waals surface area contributed by atoms with E-state index in [0.29, 0.717) is 31.0 Å². The van der Waals surface area contributed by atoms with Crippen LogP contribution in [0, 0.1) is 11.8 Å². The maximum atomic E-state index is 12.4. The van der Waals surface area contributed by atoms with Crippen molar-refractivity contribution in [3.8, 4) is 0 Å². The van der Waals surface area contributed by atoms with Crippen LogP contribution in [0.4, 0.5) is 0 Å². The third kappa shape index (κ3) is 4.69. The maximum Gasteiger partial charge on any atom is 0.279 e. The third-order valence-corrected chi connectivity index (χ3v) is 6.11. The highest BCUT2D eigenvalue weighted by molar-refractivity contribution is 7.87. The normalized spacial score (nSPS) is 26.9. The van der Waals surface area contributed by atoms with E-state index in [1.165, 1.54) is 12.8 Å². The Kier molecular flexibility index (Phi) is 5.45. The molecule has 1 aliphatic heterocycles. The molecule has 0 aromatic heterocycles. The van der Waals surface area contributed by atoms with Crippen molar-refractivity contribution in [1.82, 2.24) is 14.3 Å². The van der Waals surface area contributed by atoms with Gasteiger partial charge in [-0.05, 0) is 51.0 Å². The van der Waals surface area contributed by atoms with Crippen LogP contribution in [0.2, 0.25) is 0 Å². The lowest BCUT2D eigenvalue weighted by atomic mass is 10.00. The van der Waals surface area contributed by atoms with Crippen molar-refractivity contribution < 1.29 is 8.42 Å². The standard InChI is InChI=1S/C14H29N3O2S/c1-11(2)12(3)16-20(18,19)17-8-4-5-13(10-17)9-15-14-6-7-14/h11-16H,4-10H2,1-3H3. The molecule has 0 radical (unpaired) electrons. The topological polar surface area (TPSA) is 61.4 Å². The Morgan fingerprint density at radius 2 is 1.90 bits per heavy atom. The number of hydrogen-bond acceptors (Lipinski definition) is 3. The Bertz CT molecular complexity index is 407. The number of hydrogen-bond donors (Lipinski definition) is 2. The minimum Gasteiger partial charge on any atom is -0.314 e. The van der Waals surface area contributed by atoms with Gasteiger partial charge in [0.05, 0.1) is 0 Å². The molecule has 118 valence electrons. The van der Waals surface area contributed by atoms with Crippen LogP contribution in [0.15, 0.2) is 0 Å². The number of rotatable bonds is 7. The van der Waals surface area contributed by atoms with Gasteiger partial charge in [0.25, 0.3) is 10.2 Å². The average Bonchev–Trinajstić information content (AvgIpc) is 3.20. The molecule has 0 spiro atoms. The predicted octanol–water partition coefficient (Wildman–Crippen LogP) is 1.33. The van der Waals surface area contributed by atoms with Crippen molar-refractivity contribution in [2.45, 2.75) is 58.5 Å². The fourth-order valence-electron chi connectivity index (χ4n) is 2.48. The molecule has 0 aromatic rings. The van der Waals surface area contributed by atoms with Gasteiger partial charge >= 0.3 is 0 Å². The van der Waals surface area contributed by atoms with Crippen LogP contribution in [-0.4, -0.2) is 44.4 Å². The Balaban J connectivity index is 1.85. The van der Waals surface area contributed by atoms with E-state index in [1.54, 1.807) is 4.31 Å². The number of nitrogens with one attached hydrogen (secondary N) is 2. The number of piperidine rings is 1. The van der Waals surface area contributed by atoms with Gasteiger partial charge in [-0.25, -0.2) is 0 Å². The summed E-state index contributed by atoms with van der Waals surface area (Å²) in [6.45, 7) is 8.26. The zero-order valence-corrected chi connectivity index (χ0v) is 13.7. The lowest BCUT2D eigenvalue weighted by Gasteiger charge is -2.33. The zero-order valence-electron chi connectivity index (χ0n) is 12.9. The fourth-order valence-corrected chi connectivity index (χ4v) is 4.15. The zero-order chi connectivity index (χ0) is 14.8. The van der Waals surface area contributed by atoms with Gasteiger partial charge in [-0.3, -0.25) is 0 Å². The first kappa shape index (κ1) is 16.2. The molecule has 20 heavy (non-hydrogen) atoms. The van der Waals surface area contributed by atoms with Crippen LogP contribution in [0.3, 0.4) is 0 Å². The third-order valence-electron chi connectivity index (χ3n) is 4.43. The molecule has 2 atom stereocenters. The van der Waals surface area contributed by atoms with Gasteiger partial charge in [0, 0.05) is 25.2 Å². The van der Waals surface area contributed by atoms with Crippen molar-refractivity contribution in [1.29, 1.82) is 0 Å². The van der Waals surface area contributed by atoms with Gasteiger partial charge in [-0.1, -0.05) is 13.8 Å². The van der Waals surface area contributed by atoms with Crippen molar-refractivity contribution in [2.24, 2.45) is 11.8 Å². The summed E-state index contributed by atoms with van der Waals surface area (Å²) < 4.78 is 29.2. The molecule has 2 aliphatic rings. The lowest BCUT2D eigenvalue weighted by Crippen LogP contribution is -2.50. The van der Waals surface area contributed by atoms with Crippen LogP contribution >= 0.6 is 0 Å². The second kappa shape index (κ2) is 6.73. The van der Waals surface area contributed by atoms with Crippen LogP contribution in [0.25, 0.3) is 0 Å². The highest BCUT2D eigenvalue weighted by Gasteiger charge is 2.31. The molecule has 6 heteroatoms. The molecule has 2 fully saturated rings. The fraction of sp³-hybridized carbons (Fsp3) is 1.00. The van der Waals surface area contributed by atoms with E-state index >= 15 is 0 Å². The summed E-state index contributed by atoms with van der Waals surface area (Å²) in [5, 5.41) is 3.52. The summed E-state index contributed by atoms with van der Waals surface area (Å²) in [6.07, 6.45) is 4.66. The quantitative estimate of drug-likeness (QED) is 0.746. The summed E-state index contributed by atoms with van der Waals surface area (Å²) in [7, 11) is -3.33. The molecule has 1 saturated carbocycles. The molecule has 1 saturated heterocycles. The van der Waals surface area contributed by atoms with E-state index < -0.39 is 10.2 Å². The van der Waals surface area contributed by atoms with Gasteiger partial charge in [-0.2, -0.15) is 17.4 Å². The Morgan fingerprint density at radius 1 is 1.20 bits per heavy atom. The van der Waals surface area contributed by atoms with Crippen LogP contribution in [0.5, 0.6) is 0 Å². The minimum atomic E-state index is -3.33. The Hall–Kier alpha value is -0.170. The maximum absolute atomic E-state index is 12.4. The second-order valence-corrected chi connectivity index (χ2v) is 8.41. The number of nitrogens with zero attached hydrogens (tertiary/aromatic N) is 1. The van der Waals surface area contributed by atoms with Gasteiger partial charge < -0.3 is 5.32 Å². The molecule has 2 unspecified atom stereocenters. The smallest absolute Gasteiger partial charge is 0.279 e. The molecule has 1 heterocycles.